The molecular formula is C16H12Cl2N4O2S2. The van der Waals surface area contributed by atoms with E-state index < -0.39 is 4.92 Å². The molecule has 26 heavy (non-hydrogen) atoms. The van der Waals surface area contributed by atoms with Crippen molar-refractivity contribution in [1.82, 2.24) is 14.8 Å². The first-order chi connectivity index (χ1) is 12.5. The minimum Gasteiger partial charge on any atom is -0.308 e. The molecule has 2 aromatic carbocycles. The van der Waals surface area contributed by atoms with Crippen LogP contribution in [0.2, 0.25) is 10.0 Å². The summed E-state index contributed by atoms with van der Waals surface area (Å²) in [6, 6.07) is 12.0. The van der Waals surface area contributed by atoms with Crippen LogP contribution in [0.25, 0.3) is 0 Å². The van der Waals surface area contributed by atoms with E-state index in [4.69, 9.17) is 23.2 Å². The molecule has 0 aliphatic rings. The highest BCUT2D eigenvalue weighted by molar-refractivity contribution is 7.99. The molecule has 0 radical (unpaired) electrons. The van der Waals surface area contributed by atoms with Crippen LogP contribution in [0.1, 0.15) is 5.82 Å². The largest absolute Gasteiger partial charge is 0.308 e. The Bertz CT molecular complexity index is 965. The quantitative estimate of drug-likeness (QED) is 0.295. The van der Waals surface area contributed by atoms with Crippen LogP contribution in [0.4, 0.5) is 5.69 Å². The van der Waals surface area contributed by atoms with Crippen molar-refractivity contribution in [3.05, 3.63) is 68.4 Å². The van der Waals surface area contributed by atoms with Gasteiger partial charge in [0.25, 0.3) is 5.69 Å². The molecule has 10 heteroatoms. The smallest absolute Gasteiger partial charge is 0.270 e. The standard InChI is InChI=1S/C16H12Cl2N4O2S2/c1-21-15(9-25-13-5-3-2-4-11(13)17)19-20-16(21)26-14-7-6-10(22(23)24)8-12(14)18/h2-8H,9H2,1H3. The molecule has 0 N–H and O–H groups in total. The Balaban J connectivity index is 1.73. The summed E-state index contributed by atoms with van der Waals surface area (Å²) in [4.78, 5) is 12.0. The highest BCUT2D eigenvalue weighted by atomic mass is 35.5. The third kappa shape index (κ3) is 4.32. The van der Waals surface area contributed by atoms with Crippen LogP contribution >= 0.6 is 46.7 Å². The van der Waals surface area contributed by atoms with Gasteiger partial charge in [-0.05, 0) is 30.0 Å². The second-order valence-corrected chi connectivity index (χ2v) is 7.99. The Hall–Kier alpha value is -1.74. The van der Waals surface area contributed by atoms with Crippen molar-refractivity contribution < 1.29 is 4.92 Å². The normalized spacial score (nSPS) is 10.9. The number of nitro benzene ring substituents is 1. The van der Waals surface area contributed by atoms with Crippen LogP contribution in [-0.2, 0) is 12.8 Å². The first-order valence-corrected chi connectivity index (χ1v) is 9.89. The molecule has 0 aliphatic carbocycles. The molecule has 1 aromatic heterocycles. The summed E-state index contributed by atoms with van der Waals surface area (Å²) in [5.41, 5.74) is -0.0471. The zero-order chi connectivity index (χ0) is 18.7. The van der Waals surface area contributed by atoms with E-state index in [9.17, 15) is 10.1 Å². The molecule has 0 unspecified atom stereocenters. The lowest BCUT2D eigenvalue weighted by Gasteiger charge is -2.06. The van der Waals surface area contributed by atoms with Gasteiger partial charge in [-0.25, -0.2) is 0 Å². The third-order valence-electron chi connectivity index (χ3n) is 3.45. The van der Waals surface area contributed by atoms with E-state index in [-0.39, 0.29) is 5.69 Å². The maximum Gasteiger partial charge on any atom is 0.270 e. The SMILES string of the molecule is Cn1c(CSc2ccccc2Cl)nnc1Sc1ccc([N+](=O)[O-])cc1Cl. The van der Waals surface area contributed by atoms with Crippen LogP contribution in [0, 0.1) is 10.1 Å². The Labute approximate surface area is 168 Å². The maximum absolute atomic E-state index is 10.8. The highest BCUT2D eigenvalue weighted by Crippen LogP contribution is 2.35. The predicted octanol–water partition coefficient (Wildman–Crippen LogP) is 5.47. The van der Waals surface area contributed by atoms with Crippen molar-refractivity contribution in [1.29, 1.82) is 0 Å². The average Bonchev–Trinajstić information content (AvgIpc) is 2.96. The van der Waals surface area contributed by atoms with Crippen molar-refractivity contribution in [2.75, 3.05) is 0 Å². The number of hydrogen-bond donors (Lipinski definition) is 0. The van der Waals surface area contributed by atoms with E-state index in [1.807, 2.05) is 35.9 Å². The zero-order valence-corrected chi connectivity index (χ0v) is 16.6. The van der Waals surface area contributed by atoms with Crippen molar-refractivity contribution in [2.45, 2.75) is 20.7 Å². The van der Waals surface area contributed by atoms with Crippen molar-refractivity contribution in [2.24, 2.45) is 7.05 Å². The lowest BCUT2D eigenvalue weighted by atomic mass is 10.3. The van der Waals surface area contributed by atoms with E-state index in [1.165, 1.54) is 23.9 Å². The Kier molecular flexibility index (Phi) is 6.08. The summed E-state index contributed by atoms with van der Waals surface area (Å²) in [5.74, 6) is 1.40. The molecule has 0 fully saturated rings. The van der Waals surface area contributed by atoms with Crippen LogP contribution in [-0.4, -0.2) is 19.7 Å². The van der Waals surface area contributed by atoms with Gasteiger partial charge in [-0.3, -0.25) is 10.1 Å². The molecule has 0 amide bonds. The molecule has 0 saturated carbocycles. The van der Waals surface area contributed by atoms with Gasteiger partial charge < -0.3 is 4.57 Å². The molecule has 3 aromatic rings. The molecule has 1 heterocycles. The number of thioether (sulfide) groups is 1. The van der Waals surface area contributed by atoms with E-state index >= 15 is 0 Å². The van der Waals surface area contributed by atoms with E-state index in [0.717, 1.165) is 10.7 Å². The number of hydrogen-bond acceptors (Lipinski definition) is 6. The fourth-order valence-corrected chi connectivity index (χ4v) is 4.37. The minimum absolute atomic E-state index is 0.0471. The van der Waals surface area contributed by atoms with Gasteiger partial charge in [-0.2, -0.15) is 0 Å². The summed E-state index contributed by atoms with van der Waals surface area (Å²) < 4.78 is 1.87. The van der Waals surface area contributed by atoms with Crippen LogP contribution in [0.3, 0.4) is 0 Å². The van der Waals surface area contributed by atoms with Gasteiger partial charge in [-0.1, -0.05) is 35.3 Å². The molecule has 6 nitrogen and oxygen atoms in total. The number of nitrogens with zero attached hydrogens (tertiary/aromatic N) is 4. The maximum atomic E-state index is 10.8. The fraction of sp³-hybridized carbons (Fsp3) is 0.125. The molecular weight excluding hydrogens is 415 g/mol. The number of halogens is 2. The molecule has 0 bridgehead atoms. The summed E-state index contributed by atoms with van der Waals surface area (Å²) in [6.45, 7) is 0. The van der Waals surface area contributed by atoms with Crippen LogP contribution in [0.5, 0.6) is 0 Å². The molecule has 0 aliphatic heterocycles. The number of aromatic nitrogens is 3. The average molecular weight is 427 g/mol. The number of benzene rings is 2. The summed E-state index contributed by atoms with van der Waals surface area (Å²) in [6.07, 6.45) is 0. The molecule has 0 spiro atoms. The minimum atomic E-state index is -0.479. The van der Waals surface area contributed by atoms with Gasteiger partial charge in [0.15, 0.2) is 5.16 Å². The van der Waals surface area contributed by atoms with Crippen LogP contribution in [0.15, 0.2) is 57.4 Å². The van der Waals surface area contributed by atoms with Gasteiger partial charge in [0.05, 0.1) is 20.7 Å². The lowest BCUT2D eigenvalue weighted by Crippen LogP contribution is -1.97. The van der Waals surface area contributed by atoms with Gasteiger partial charge in [0, 0.05) is 29.0 Å². The Morgan fingerprint density at radius 3 is 2.58 bits per heavy atom. The highest BCUT2D eigenvalue weighted by Gasteiger charge is 2.15. The van der Waals surface area contributed by atoms with Gasteiger partial charge >= 0.3 is 0 Å². The summed E-state index contributed by atoms with van der Waals surface area (Å²) in [5, 5.41) is 20.8. The van der Waals surface area contributed by atoms with Gasteiger partial charge in [0.2, 0.25) is 0 Å². The summed E-state index contributed by atoms with van der Waals surface area (Å²) >= 11 is 15.2. The lowest BCUT2D eigenvalue weighted by molar-refractivity contribution is -0.384. The van der Waals surface area contributed by atoms with Crippen LogP contribution < -0.4 is 0 Å². The second kappa shape index (κ2) is 8.30. The number of nitro groups is 1. The molecule has 3 rings (SSSR count). The topological polar surface area (TPSA) is 73.8 Å². The molecule has 0 saturated heterocycles. The summed E-state index contributed by atoms with van der Waals surface area (Å²) in [7, 11) is 1.87. The number of rotatable bonds is 6. The number of non-ortho nitro benzene ring substituents is 1. The molecule has 134 valence electrons. The fourth-order valence-electron chi connectivity index (χ4n) is 2.05. The van der Waals surface area contributed by atoms with E-state index in [2.05, 4.69) is 10.2 Å². The second-order valence-electron chi connectivity index (χ2n) is 5.15. The molecule has 0 atom stereocenters. The predicted molar refractivity (Wildman–Crippen MR) is 104 cm³/mol. The first kappa shape index (κ1) is 19.0. The third-order valence-corrected chi connectivity index (χ3v) is 6.50. The monoisotopic (exact) mass is 426 g/mol. The van der Waals surface area contributed by atoms with E-state index in [0.29, 0.717) is 25.9 Å². The van der Waals surface area contributed by atoms with E-state index in [1.54, 1.807) is 17.8 Å². The Morgan fingerprint density at radius 2 is 1.88 bits per heavy atom. The Morgan fingerprint density at radius 1 is 1.12 bits per heavy atom. The van der Waals surface area contributed by atoms with Gasteiger partial charge in [-0.15, -0.1) is 22.0 Å². The van der Waals surface area contributed by atoms with Crippen molar-refractivity contribution in [3.63, 3.8) is 0 Å². The van der Waals surface area contributed by atoms with Crippen molar-refractivity contribution >= 4 is 52.4 Å². The van der Waals surface area contributed by atoms with Gasteiger partial charge in [0.1, 0.15) is 5.82 Å². The first-order valence-electron chi connectivity index (χ1n) is 7.33. The zero-order valence-electron chi connectivity index (χ0n) is 13.4. The van der Waals surface area contributed by atoms with Crippen molar-refractivity contribution in [3.8, 4) is 0 Å².